The number of halogens is 1. The zero-order chi connectivity index (χ0) is 18.6. The lowest BCUT2D eigenvalue weighted by Crippen LogP contribution is -2.15. The quantitative estimate of drug-likeness (QED) is 0.374. The predicted octanol–water partition coefficient (Wildman–Crippen LogP) is 7.58. The van der Waals surface area contributed by atoms with Gasteiger partial charge < -0.3 is 0 Å². The van der Waals surface area contributed by atoms with Crippen molar-refractivity contribution in [1.29, 1.82) is 5.26 Å². The van der Waals surface area contributed by atoms with E-state index in [0.29, 0.717) is 0 Å². The molecule has 0 spiro atoms. The van der Waals surface area contributed by atoms with Gasteiger partial charge in [0.25, 0.3) is 0 Å². The molecule has 0 N–H and O–H groups in total. The van der Waals surface area contributed by atoms with Gasteiger partial charge in [0.05, 0.1) is 5.56 Å². The van der Waals surface area contributed by atoms with Crippen LogP contribution in [-0.2, 0) is 6.42 Å². The molecule has 0 unspecified atom stereocenters. The molecule has 0 aromatic heterocycles. The minimum Gasteiger partial charge on any atom is -0.206 e. The fourth-order valence-corrected chi connectivity index (χ4v) is 4.37. The van der Waals surface area contributed by atoms with Crippen LogP contribution in [0.5, 0.6) is 0 Å². The first-order chi connectivity index (χ1) is 12.7. The minimum atomic E-state index is -0.372. The van der Waals surface area contributed by atoms with Crippen LogP contribution in [0.2, 0.25) is 0 Å². The Bertz CT molecular complexity index is 552. The Morgan fingerprint density at radius 2 is 1.54 bits per heavy atom. The second-order valence-electron chi connectivity index (χ2n) is 8.26. The molecule has 0 radical (unpaired) electrons. The molecule has 0 saturated heterocycles. The van der Waals surface area contributed by atoms with E-state index in [4.69, 9.17) is 5.26 Å². The molecule has 0 amide bonds. The SMILES string of the molecule is CCCCCCCCC[C@H]1CC[C@H](CCc2ccc(C#N)c(F)c2)CC1. The lowest BCUT2D eigenvalue weighted by Gasteiger charge is -2.28. The fraction of sp³-hybridized carbons (Fsp3) is 0.708. The van der Waals surface area contributed by atoms with E-state index in [1.807, 2.05) is 12.1 Å². The van der Waals surface area contributed by atoms with Crippen LogP contribution in [0.15, 0.2) is 18.2 Å². The smallest absolute Gasteiger partial charge is 0.141 e. The van der Waals surface area contributed by atoms with Crippen molar-refractivity contribution in [3.8, 4) is 6.07 Å². The molecule has 1 fully saturated rings. The van der Waals surface area contributed by atoms with Gasteiger partial charge in [-0.3, -0.25) is 0 Å². The van der Waals surface area contributed by atoms with Crippen molar-refractivity contribution in [2.75, 3.05) is 0 Å². The summed E-state index contributed by atoms with van der Waals surface area (Å²) >= 11 is 0. The van der Waals surface area contributed by atoms with Gasteiger partial charge in [0.1, 0.15) is 11.9 Å². The van der Waals surface area contributed by atoms with Crippen LogP contribution in [-0.4, -0.2) is 0 Å². The summed E-state index contributed by atoms with van der Waals surface area (Å²) in [7, 11) is 0. The van der Waals surface area contributed by atoms with Gasteiger partial charge in [-0.05, 0) is 42.4 Å². The zero-order valence-corrected chi connectivity index (χ0v) is 16.6. The number of rotatable bonds is 11. The Labute approximate surface area is 160 Å². The second kappa shape index (κ2) is 12.1. The van der Waals surface area contributed by atoms with Gasteiger partial charge in [-0.25, -0.2) is 4.39 Å². The molecule has 0 aliphatic heterocycles. The van der Waals surface area contributed by atoms with E-state index in [2.05, 4.69) is 6.92 Å². The van der Waals surface area contributed by atoms with Crippen molar-refractivity contribution in [3.63, 3.8) is 0 Å². The summed E-state index contributed by atoms with van der Waals surface area (Å²) in [5.41, 5.74) is 1.19. The van der Waals surface area contributed by atoms with Crippen LogP contribution < -0.4 is 0 Å². The summed E-state index contributed by atoms with van der Waals surface area (Å²) in [6.07, 6.45) is 18.9. The summed E-state index contributed by atoms with van der Waals surface area (Å²) in [5, 5.41) is 8.80. The average Bonchev–Trinajstić information content (AvgIpc) is 2.66. The molecule has 2 heteroatoms. The first-order valence-electron chi connectivity index (χ1n) is 10.9. The van der Waals surface area contributed by atoms with Gasteiger partial charge >= 0.3 is 0 Å². The summed E-state index contributed by atoms with van der Waals surface area (Å²) in [5.74, 6) is 1.39. The standard InChI is InChI=1S/C24H36FN/c1-2-3-4-5-6-7-8-9-20-10-12-21(13-11-20)14-15-22-16-17-23(19-26)24(25)18-22/h16-18,20-21H,2-15H2,1H3/t20-,21-. The van der Waals surface area contributed by atoms with E-state index in [1.54, 1.807) is 12.1 Å². The van der Waals surface area contributed by atoms with Crippen LogP contribution in [0.4, 0.5) is 4.39 Å². The summed E-state index contributed by atoms with van der Waals surface area (Å²) in [6, 6.07) is 6.96. The maximum atomic E-state index is 13.7. The van der Waals surface area contributed by atoms with Crippen LogP contribution in [0, 0.1) is 29.0 Å². The summed E-state index contributed by atoms with van der Waals surface area (Å²) in [4.78, 5) is 0. The van der Waals surface area contributed by atoms with Gasteiger partial charge in [0, 0.05) is 0 Å². The molecule has 26 heavy (non-hydrogen) atoms. The van der Waals surface area contributed by atoms with Crippen molar-refractivity contribution >= 4 is 0 Å². The molecule has 1 aliphatic carbocycles. The van der Waals surface area contributed by atoms with Crippen molar-refractivity contribution in [2.45, 2.75) is 96.8 Å². The molecule has 1 saturated carbocycles. The Balaban J connectivity index is 1.56. The summed E-state index contributed by atoms with van der Waals surface area (Å²) < 4.78 is 13.7. The highest BCUT2D eigenvalue weighted by molar-refractivity contribution is 5.33. The van der Waals surface area contributed by atoms with E-state index in [1.165, 1.54) is 77.0 Å². The highest BCUT2D eigenvalue weighted by atomic mass is 19.1. The van der Waals surface area contributed by atoms with E-state index >= 15 is 0 Å². The monoisotopic (exact) mass is 357 g/mol. The maximum absolute atomic E-state index is 13.7. The molecule has 1 aromatic rings. The zero-order valence-electron chi connectivity index (χ0n) is 16.6. The number of unbranched alkanes of at least 4 members (excludes halogenated alkanes) is 6. The molecule has 144 valence electrons. The number of hydrogen-bond donors (Lipinski definition) is 0. The molecule has 0 atom stereocenters. The molecule has 1 aliphatic rings. The van der Waals surface area contributed by atoms with E-state index in [9.17, 15) is 4.39 Å². The lowest BCUT2D eigenvalue weighted by molar-refractivity contribution is 0.248. The topological polar surface area (TPSA) is 23.8 Å². The van der Waals surface area contributed by atoms with E-state index in [-0.39, 0.29) is 11.4 Å². The minimum absolute atomic E-state index is 0.152. The number of hydrogen-bond acceptors (Lipinski definition) is 1. The third kappa shape index (κ3) is 7.48. The molecule has 0 bridgehead atoms. The largest absolute Gasteiger partial charge is 0.206 e. The van der Waals surface area contributed by atoms with Crippen LogP contribution in [0.3, 0.4) is 0 Å². The Morgan fingerprint density at radius 3 is 2.15 bits per heavy atom. The van der Waals surface area contributed by atoms with Crippen LogP contribution in [0.1, 0.15) is 102 Å². The van der Waals surface area contributed by atoms with Gasteiger partial charge in [-0.15, -0.1) is 0 Å². The number of aryl methyl sites for hydroxylation is 1. The number of benzene rings is 1. The third-order valence-electron chi connectivity index (χ3n) is 6.18. The molecular weight excluding hydrogens is 321 g/mol. The van der Waals surface area contributed by atoms with E-state index in [0.717, 1.165) is 30.2 Å². The second-order valence-corrected chi connectivity index (χ2v) is 8.26. The van der Waals surface area contributed by atoms with Gasteiger partial charge in [0.2, 0.25) is 0 Å². The number of nitriles is 1. The third-order valence-corrected chi connectivity index (χ3v) is 6.18. The van der Waals surface area contributed by atoms with Crippen molar-refractivity contribution in [1.82, 2.24) is 0 Å². The molecule has 2 rings (SSSR count). The first kappa shape index (κ1) is 20.9. The normalized spacial score (nSPS) is 20.0. The van der Waals surface area contributed by atoms with Gasteiger partial charge in [-0.1, -0.05) is 90.0 Å². The van der Waals surface area contributed by atoms with Crippen molar-refractivity contribution in [3.05, 3.63) is 35.1 Å². The van der Waals surface area contributed by atoms with Crippen molar-refractivity contribution < 1.29 is 4.39 Å². The lowest BCUT2D eigenvalue weighted by atomic mass is 9.77. The average molecular weight is 358 g/mol. The predicted molar refractivity (Wildman–Crippen MR) is 107 cm³/mol. The van der Waals surface area contributed by atoms with Crippen LogP contribution >= 0.6 is 0 Å². The number of nitrogens with zero attached hydrogens (tertiary/aromatic N) is 1. The molecule has 1 aromatic carbocycles. The van der Waals surface area contributed by atoms with Crippen LogP contribution in [0.25, 0.3) is 0 Å². The Hall–Kier alpha value is -1.36. The van der Waals surface area contributed by atoms with Crippen molar-refractivity contribution in [2.24, 2.45) is 11.8 Å². The first-order valence-corrected chi connectivity index (χ1v) is 10.9. The molecule has 0 heterocycles. The summed E-state index contributed by atoms with van der Waals surface area (Å²) in [6.45, 7) is 2.28. The van der Waals surface area contributed by atoms with Gasteiger partial charge in [-0.2, -0.15) is 5.26 Å². The maximum Gasteiger partial charge on any atom is 0.141 e. The van der Waals surface area contributed by atoms with Gasteiger partial charge in [0.15, 0.2) is 0 Å². The Morgan fingerprint density at radius 1 is 0.923 bits per heavy atom. The molecular formula is C24H36FN. The van der Waals surface area contributed by atoms with E-state index < -0.39 is 0 Å². The fourth-order valence-electron chi connectivity index (χ4n) is 4.37. The highest BCUT2D eigenvalue weighted by Crippen LogP contribution is 2.34. The molecule has 1 nitrogen and oxygen atoms in total. The highest BCUT2D eigenvalue weighted by Gasteiger charge is 2.20. The Kier molecular flexibility index (Phi) is 9.75.